The molecule has 0 radical (unpaired) electrons. The Bertz CT molecular complexity index is 835. The summed E-state index contributed by atoms with van der Waals surface area (Å²) in [6.07, 6.45) is 5.12. The first-order valence-electron chi connectivity index (χ1n) is 10.2. The predicted molar refractivity (Wildman–Crippen MR) is 115 cm³/mol. The summed E-state index contributed by atoms with van der Waals surface area (Å²) >= 11 is 1.39. The Hall–Kier alpha value is -2.41. The van der Waals surface area contributed by atoms with Crippen LogP contribution in [0.5, 0.6) is 0 Å². The lowest BCUT2D eigenvalue weighted by Crippen LogP contribution is -2.57. The normalized spacial score (nSPS) is 19.5. The van der Waals surface area contributed by atoms with Crippen LogP contribution in [-0.4, -0.2) is 57.4 Å². The minimum absolute atomic E-state index is 0.00489. The van der Waals surface area contributed by atoms with Gasteiger partial charge < -0.3 is 5.32 Å². The van der Waals surface area contributed by atoms with Gasteiger partial charge in [0.2, 0.25) is 0 Å². The van der Waals surface area contributed by atoms with Crippen molar-refractivity contribution in [1.29, 1.82) is 0 Å². The van der Waals surface area contributed by atoms with Gasteiger partial charge in [0.15, 0.2) is 11.8 Å². The topological polar surface area (TPSA) is 69.5 Å². The van der Waals surface area contributed by atoms with E-state index in [4.69, 9.17) is 0 Å². The molecule has 7 heteroatoms. The van der Waals surface area contributed by atoms with Crippen LogP contribution in [0.2, 0.25) is 0 Å². The van der Waals surface area contributed by atoms with E-state index in [1.807, 2.05) is 37.5 Å². The first-order valence-corrected chi connectivity index (χ1v) is 11.1. The summed E-state index contributed by atoms with van der Waals surface area (Å²) in [6.45, 7) is 4.31. The number of rotatable bonds is 9. The van der Waals surface area contributed by atoms with E-state index in [0.29, 0.717) is 12.3 Å². The number of fused-ring (bicyclic) bond motifs is 1. The maximum atomic E-state index is 12.9. The van der Waals surface area contributed by atoms with Crippen molar-refractivity contribution >= 4 is 35.3 Å². The van der Waals surface area contributed by atoms with Gasteiger partial charge in [0.1, 0.15) is 5.71 Å². The van der Waals surface area contributed by atoms with Crippen LogP contribution in [0.1, 0.15) is 38.7 Å². The van der Waals surface area contributed by atoms with Crippen molar-refractivity contribution in [2.75, 3.05) is 13.1 Å². The van der Waals surface area contributed by atoms with Gasteiger partial charge in [-0.1, -0.05) is 43.7 Å². The Labute approximate surface area is 176 Å². The van der Waals surface area contributed by atoms with E-state index in [1.54, 1.807) is 6.08 Å². The van der Waals surface area contributed by atoms with Gasteiger partial charge in [-0.15, -0.1) is 11.8 Å². The van der Waals surface area contributed by atoms with Gasteiger partial charge in [-0.05, 0) is 43.2 Å². The van der Waals surface area contributed by atoms with Crippen LogP contribution in [0.3, 0.4) is 0 Å². The molecular formula is C22H28N3O3S+. The second-order valence-corrected chi connectivity index (χ2v) is 8.46. The van der Waals surface area contributed by atoms with Gasteiger partial charge in [-0.25, -0.2) is 4.79 Å². The van der Waals surface area contributed by atoms with Crippen molar-refractivity contribution in [2.24, 2.45) is 0 Å². The molecule has 0 bridgehead atoms. The van der Waals surface area contributed by atoms with Gasteiger partial charge in [0.25, 0.3) is 5.91 Å². The summed E-state index contributed by atoms with van der Waals surface area (Å²) in [4.78, 5) is 39.5. The van der Waals surface area contributed by atoms with E-state index in [-0.39, 0.29) is 24.4 Å². The number of aryl methyl sites for hydroxylation is 1. The fourth-order valence-electron chi connectivity index (χ4n) is 3.50. The Kier molecular flexibility index (Phi) is 7.25. The van der Waals surface area contributed by atoms with Crippen LogP contribution in [-0.2, 0) is 16.0 Å². The molecule has 0 spiro atoms. The van der Waals surface area contributed by atoms with Crippen LogP contribution < -0.4 is 5.32 Å². The first kappa shape index (κ1) is 21.3. The largest absolute Gasteiger partial charge is 0.501 e. The van der Waals surface area contributed by atoms with Crippen LogP contribution in [0.4, 0.5) is 4.79 Å². The lowest BCUT2D eigenvalue weighted by molar-refractivity contribution is -0.426. The highest BCUT2D eigenvalue weighted by Gasteiger charge is 2.49. The molecule has 2 atom stereocenters. The van der Waals surface area contributed by atoms with E-state index in [0.717, 1.165) is 25.7 Å². The minimum Gasteiger partial charge on any atom is -0.350 e. The molecular weight excluding hydrogens is 386 g/mol. The zero-order chi connectivity index (χ0) is 20.8. The molecule has 2 aliphatic heterocycles. The molecule has 2 unspecified atom stereocenters. The summed E-state index contributed by atoms with van der Waals surface area (Å²) in [5, 5.41) is 4.38. The molecule has 1 aromatic rings. The molecule has 3 rings (SSSR count). The monoisotopic (exact) mass is 414 g/mol. The lowest BCUT2D eigenvalue weighted by Gasteiger charge is -2.24. The van der Waals surface area contributed by atoms with Crippen LogP contribution in [0, 0.1) is 0 Å². The third-order valence-electron chi connectivity index (χ3n) is 5.14. The van der Waals surface area contributed by atoms with Crippen molar-refractivity contribution in [3.05, 3.63) is 47.4 Å². The molecule has 154 valence electrons. The Morgan fingerprint density at radius 1 is 1.28 bits per heavy atom. The number of unbranched alkanes of at least 4 members (excludes halogenated alkanes) is 1. The number of hydrogen-bond donors (Lipinski definition) is 1. The molecule has 0 fully saturated rings. The number of nitrogens with zero attached hydrogens (tertiary/aromatic N) is 2. The van der Waals surface area contributed by atoms with Gasteiger partial charge in [0, 0.05) is 6.04 Å². The van der Waals surface area contributed by atoms with Crippen LogP contribution in [0.25, 0.3) is 0 Å². The summed E-state index contributed by atoms with van der Waals surface area (Å²) < 4.78 is 1.46. The highest BCUT2D eigenvalue weighted by Crippen LogP contribution is 2.27. The molecule has 0 saturated heterocycles. The summed E-state index contributed by atoms with van der Waals surface area (Å²) in [7, 11) is 0. The molecule has 2 heterocycles. The number of thioether (sulfide) groups is 1. The molecule has 0 aliphatic carbocycles. The number of amides is 4. The number of allylic oxidation sites excluding steroid dienone is 1. The molecule has 6 nitrogen and oxygen atoms in total. The number of carbonyl (C=O) groups is 3. The summed E-state index contributed by atoms with van der Waals surface area (Å²) in [5.74, 6) is -0.387. The van der Waals surface area contributed by atoms with E-state index >= 15 is 0 Å². The average Bonchev–Trinajstić information content (AvgIpc) is 3.20. The maximum Gasteiger partial charge on any atom is 0.501 e. The standard InChI is InChI=1S/C22H27N3O3S/c1-3-4-13-24-21(27)20-18(12-14-29-20)25(22(24)28)15-19(26)23-16(2)10-11-17-8-6-5-7-9-17/h5-9,12,14,16,20H,3-4,10-11,13,15H2,1-2H3/p+1. The lowest BCUT2D eigenvalue weighted by atomic mass is 10.1. The van der Waals surface area contributed by atoms with E-state index in [9.17, 15) is 14.4 Å². The second kappa shape index (κ2) is 9.87. The average molecular weight is 415 g/mol. The van der Waals surface area contributed by atoms with Gasteiger partial charge >= 0.3 is 11.9 Å². The highest BCUT2D eigenvalue weighted by atomic mass is 32.2. The number of imide groups is 1. The quantitative estimate of drug-likeness (QED) is 0.631. The fraction of sp³-hybridized carbons (Fsp3) is 0.455. The van der Waals surface area contributed by atoms with Crippen molar-refractivity contribution in [2.45, 2.75) is 50.8 Å². The maximum absolute atomic E-state index is 12.9. The summed E-state index contributed by atoms with van der Waals surface area (Å²) in [6, 6.07) is 9.75. The zero-order valence-corrected chi connectivity index (χ0v) is 17.8. The SMILES string of the molecule is CCCCN1C(=O)C2SC=CC2=[N+](CC(=O)NC(C)CCc2ccccc2)C1=O. The molecule has 4 amide bonds. The Morgan fingerprint density at radius 3 is 2.76 bits per heavy atom. The number of hydrogen-bond acceptors (Lipinski definition) is 4. The Morgan fingerprint density at radius 2 is 2.03 bits per heavy atom. The highest BCUT2D eigenvalue weighted by molar-refractivity contribution is 8.04. The molecule has 29 heavy (non-hydrogen) atoms. The van der Waals surface area contributed by atoms with Crippen molar-refractivity contribution in [3.8, 4) is 0 Å². The molecule has 0 aromatic heterocycles. The van der Waals surface area contributed by atoms with Crippen LogP contribution in [0.15, 0.2) is 41.8 Å². The Balaban J connectivity index is 1.63. The molecule has 1 aromatic carbocycles. The third kappa shape index (κ3) is 5.15. The van der Waals surface area contributed by atoms with Gasteiger partial charge in [-0.2, -0.15) is 14.3 Å². The minimum atomic E-state index is -0.423. The second-order valence-electron chi connectivity index (χ2n) is 7.45. The predicted octanol–water partition coefficient (Wildman–Crippen LogP) is 2.97. The van der Waals surface area contributed by atoms with Crippen molar-refractivity contribution in [1.82, 2.24) is 10.2 Å². The van der Waals surface area contributed by atoms with Gasteiger partial charge in [0.05, 0.1) is 6.54 Å². The number of benzene rings is 1. The van der Waals surface area contributed by atoms with E-state index < -0.39 is 11.3 Å². The molecule has 2 aliphatic rings. The summed E-state index contributed by atoms with van der Waals surface area (Å²) in [5.41, 5.74) is 1.85. The van der Waals surface area contributed by atoms with Crippen LogP contribution >= 0.6 is 11.8 Å². The van der Waals surface area contributed by atoms with E-state index in [1.165, 1.54) is 26.8 Å². The number of nitrogens with one attached hydrogen (secondary N) is 1. The van der Waals surface area contributed by atoms with E-state index in [2.05, 4.69) is 17.4 Å². The fourth-order valence-corrected chi connectivity index (χ4v) is 4.46. The first-order chi connectivity index (χ1) is 14.0. The van der Waals surface area contributed by atoms with Crippen molar-refractivity contribution < 1.29 is 19.0 Å². The van der Waals surface area contributed by atoms with Gasteiger partial charge in [-0.3, -0.25) is 4.79 Å². The van der Waals surface area contributed by atoms with Crippen molar-refractivity contribution in [3.63, 3.8) is 0 Å². The third-order valence-corrected chi connectivity index (χ3v) is 6.15. The smallest absolute Gasteiger partial charge is 0.350 e. The molecule has 1 N–H and O–H groups in total. The molecule has 0 saturated carbocycles. The number of carbonyl (C=O) groups excluding carboxylic acids is 3. The number of urea groups is 1. The zero-order valence-electron chi connectivity index (χ0n) is 17.0.